The third-order valence-electron chi connectivity index (χ3n) is 5.18. The third kappa shape index (κ3) is 3.33. The van der Waals surface area contributed by atoms with Crippen LogP contribution in [0, 0.1) is 15.9 Å². The first-order valence-corrected chi connectivity index (χ1v) is 9.35. The number of aromatic nitrogens is 2. The van der Waals surface area contributed by atoms with Crippen LogP contribution < -0.4 is 4.90 Å². The fourth-order valence-electron chi connectivity index (χ4n) is 3.96. The molecule has 1 aliphatic rings. The zero-order chi connectivity index (χ0) is 21.0. The molecule has 1 saturated heterocycles. The van der Waals surface area contributed by atoms with E-state index in [0.29, 0.717) is 13.1 Å². The maximum absolute atomic E-state index is 14.5. The molecule has 10 heteroatoms. The van der Waals surface area contributed by atoms with E-state index in [1.165, 1.54) is 6.20 Å². The summed E-state index contributed by atoms with van der Waals surface area (Å²) < 4.78 is 14.5. The van der Waals surface area contributed by atoms with E-state index >= 15 is 0 Å². The van der Waals surface area contributed by atoms with Gasteiger partial charge in [-0.05, 0) is 34.6 Å². The Balaban J connectivity index is 2.23. The highest BCUT2D eigenvalue weighted by molar-refractivity contribution is 6.30. The first-order valence-electron chi connectivity index (χ1n) is 8.98. The highest BCUT2D eigenvalue weighted by Crippen LogP contribution is 2.44. The average Bonchev–Trinajstić information content (AvgIpc) is 2.58. The van der Waals surface area contributed by atoms with E-state index in [9.17, 15) is 19.6 Å². The molecule has 1 aliphatic heterocycles. The van der Waals surface area contributed by atoms with Gasteiger partial charge >= 0.3 is 5.69 Å². The zero-order valence-electron chi connectivity index (χ0n) is 16.4. The van der Waals surface area contributed by atoms with E-state index in [4.69, 9.17) is 11.6 Å². The van der Waals surface area contributed by atoms with Gasteiger partial charge in [-0.25, -0.2) is 14.4 Å². The van der Waals surface area contributed by atoms with Crippen LogP contribution in [-0.2, 0) is 0 Å². The van der Waals surface area contributed by atoms with Gasteiger partial charge in [0.15, 0.2) is 11.0 Å². The lowest BCUT2D eigenvalue weighted by molar-refractivity contribution is -0.385. The Morgan fingerprint density at radius 3 is 2.54 bits per heavy atom. The van der Waals surface area contributed by atoms with Gasteiger partial charge in [0.25, 0.3) is 5.88 Å². The van der Waals surface area contributed by atoms with Crippen molar-refractivity contribution in [2.75, 3.05) is 18.0 Å². The number of nitrogens with zero attached hydrogens (tertiary/aromatic N) is 5. The fourth-order valence-corrected chi connectivity index (χ4v) is 4.10. The first kappa shape index (κ1) is 20.5. The SMILES string of the molecule is C[C@H]1CN(C(C)(C)C)[C@@H](C)CN1c1c([N+](=O)[O-])c(O)nc2c(F)c(Cl)ncc12. The minimum absolute atomic E-state index is 0.0741. The van der Waals surface area contributed by atoms with Gasteiger partial charge < -0.3 is 10.0 Å². The summed E-state index contributed by atoms with van der Waals surface area (Å²) >= 11 is 5.74. The van der Waals surface area contributed by atoms with Gasteiger partial charge in [0.05, 0.1) is 10.3 Å². The largest absolute Gasteiger partial charge is 0.488 e. The number of hydrogen-bond acceptors (Lipinski definition) is 7. The summed E-state index contributed by atoms with van der Waals surface area (Å²) in [4.78, 5) is 22.7. The number of piperazine rings is 1. The average molecular weight is 412 g/mol. The third-order valence-corrected chi connectivity index (χ3v) is 5.44. The number of pyridine rings is 2. The number of halogens is 2. The summed E-state index contributed by atoms with van der Waals surface area (Å²) in [6.07, 6.45) is 1.27. The zero-order valence-corrected chi connectivity index (χ0v) is 17.2. The number of hydrogen-bond donors (Lipinski definition) is 1. The number of fused-ring (bicyclic) bond motifs is 1. The van der Waals surface area contributed by atoms with Gasteiger partial charge in [0, 0.05) is 36.9 Å². The Bertz CT molecular complexity index is 949. The molecule has 3 rings (SSSR count). The van der Waals surface area contributed by atoms with E-state index in [-0.39, 0.29) is 34.2 Å². The Morgan fingerprint density at radius 1 is 1.32 bits per heavy atom. The van der Waals surface area contributed by atoms with Crippen molar-refractivity contribution in [2.45, 2.75) is 52.2 Å². The second kappa shape index (κ2) is 6.97. The van der Waals surface area contributed by atoms with Crippen LogP contribution in [-0.4, -0.2) is 55.6 Å². The minimum Gasteiger partial charge on any atom is -0.488 e. The maximum atomic E-state index is 14.5. The van der Waals surface area contributed by atoms with Crippen LogP contribution in [0.25, 0.3) is 10.9 Å². The van der Waals surface area contributed by atoms with Crippen molar-refractivity contribution >= 4 is 33.9 Å². The molecule has 1 N–H and O–H groups in total. The number of rotatable bonds is 2. The second-order valence-electron chi connectivity index (χ2n) is 8.19. The molecule has 0 aliphatic carbocycles. The molecule has 0 aromatic carbocycles. The van der Waals surface area contributed by atoms with E-state index in [1.807, 2.05) is 18.7 Å². The number of aromatic hydroxyl groups is 1. The predicted molar refractivity (Wildman–Crippen MR) is 106 cm³/mol. The molecule has 0 spiro atoms. The summed E-state index contributed by atoms with van der Waals surface area (Å²) in [5, 5.41) is 21.7. The number of nitro groups is 1. The van der Waals surface area contributed by atoms with Gasteiger partial charge in [0.1, 0.15) is 11.2 Å². The van der Waals surface area contributed by atoms with Gasteiger partial charge in [-0.2, -0.15) is 0 Å². The molecule has 3 heterocycles. The van der Waals surface area contributed by atoms with Crippen LogP contribution in [0.3, 0.4) is 0 Å². The Labute approximate surface area is 167 Å². The molecular weight excluding hydrogens is 389 g/mol. The molecule has 0 saturated carbocycles. The minimum atomic E-state index is -0.917. The molecule has 1 fully saturated rings. The van der Waals surface area contributed by atoms with E-state index in [0.717, 1.165) is 0 Å². The Kier molecular flexibility index (Phi) is 5.09. The predicted octanol–water partition coefficient (Wildman–Crippen LogP) is 3.73. The quantitative estimate of drug-likeness (QED) is 0.457. The molecule has 0 radical (unpaired) electrons. The summed E-state index contributed by atoms with van der Waals surface area (Å²) in [7, 11) is 0. The summed E-state index contributed by atoms with van der Waals surface area (Å²) in [6, 6.07) is -0.0517. The summed E-state index contributed by atoms with van der Waals surface area (Å²) in [5.74, 6) is -1.76. The maximum Gasteiger partial charge on any atom is 0.354 e. The van der Waals surface area contributed by atoms with Crippen LogP contribution in [0.1, 0.15) is 34.6 Å². The molecule has 28 heavy (non-hydrogen) atoms. The van der Waals surface area contributed by atoms with Gasteiger partial charge in [-0.15, -0.1) is 0 Å². The number of anilines is 1. The highest BCUT2D eigenvalue weighted by Gasteiger charge is 2.39. The second-order valence-corrected chi connectivity index (χ2v) is 8.55. The fraction of sp³-hybridized carbons (Fsp3) is 0.556. The van der Waals surface area contributed by atoms with Gasteiger partial charge in [-0.1, -0.05) is 11.6 Å². The van der Waals surface area contributed by atoms with Gasteiger partial charge in [0.2, 0.25) is 0 Å². The van der Waals surface area contributed by atoms with E-state index in [2.05, 4.69) is 35.6 Å². The lowest BCUT2D eigenvalue weighted by atomic mass is 9.97. The monoisotopic (exact) mass is 411 g/mol. The van der Waals surface area contributed by atoms with Gasteiger partial charge in [-0.3, -0.25) is 15.0 Å². The van der Waals surface area contributed by atoms with Crippen LogP contribution in [0.5, 0.6) is 5.88 Å². The van der Waals surface area contributed by atoms with Crippen molar-refractivity contribution in [1.82, 2.24) is 14.9 Å². The molecule has 0 amide bonds. The molecule has 0 unspecified atom stereocenters. The summed E-state index contributed by atoms with van der Waals surface area (Å²) in [5.41, 5.74) is -0.756. The molecule has 152 valence electrons. The van der Waals surface area contributed by atoms with Crippen molar-refractivity contribution < 1.29 is 14.4 Å². The first-order chi connectivity index (χ1) is 12.9. The molecular formula is C18H23ClFN5O3. The lowest BCUT2D eigenvalue weighted by Gasteiger charge is -2.50. The van der Waals surface area contributed by atoms with Crippen LogP contribution >= 0.6 is 11.6 Å². The molecule has 8 nitrogen and oxygen atoms in total. The molecule has 2 aromatic rings. The van der Waals surface area contributed by atoms with Crippen molar-refractivity contribution in [3.8, 4) is 5.88 Å². The van der Waals surface area contributed by atoms with E-state index in [1.54, 1.807) is 0 Å². The normalized spacial score (nSPS) is 21.3. The Morgan fingerprint density at radius 2 is 1.96 bits per heavy atom. The van der Waals surface area contributed by atoms with Crippen molar-refractivity contribution in [3.05, 3.63) is 27.3 Å². The smallest absolute Gasteiger partial charge is 0.354 e. The Hall–Kier alpha value is -2.26. The van der Waals surface area contributed by atoms with Crippen molar-refractivity contribution in [3.63, 3.8) is 0 Å². The summed E-state index contributed by atoms with van der Waals surface area (Å²) in [6.45, 7) is 11.4. The highest BCUT2D eigenvalue weighted by atomic mass is 35.5. The topological polar surface area (TPSA) is 95.6 Å². The molecule has 2 aromatic heterocycles. The van der Waals surface area contributed by atoms with Crippen LogP contribution in [0.4, 0.5) is 15.8 Å². The van der Waals surface area contributed by atoms with Crippen LogP contribution in [0.2, 0.25) is 5.15 Å². The standard InChI is InChI=1S/C18H23ClFN5O3/c1-9-8-24(18(3,4)5)10(2)7-23(9)14-11-6-21-16(19)12(20)13(11)22-17(26)15(14)25(27)28/h6,9-10H,7-8H2,1-5H3,(H,22,26)/t9-,10-/m0/s1. The van der Waals surface area contributed by atoms with E-state index < -0.39 is 27.5 Å². The molecule has 0 bridgehead atoms. The van der Waals surface area contributed by atoms with Crippen molar-refractivity contribution in [1.29, 1.82) is 0 Å². The lowest BCUT2D eigenvalue weighted by Crippen LogP contribution is -2.61. The van der Waals surface area contributed by atoms with Crippen molar-refractivity contribution in [2.24, 2.45) is 0 Å². The molecule has 2 atom stereocenters. The van der Waals surface area contributed by atoms with Crippen LogP contribution in [0.15, 0.2) is 6.20 Å².